The lowest BCUT2D eigenvalue weighted by molar-refractivity contribution is -0.116. The van der Waals surface area contributed by atoms with Crippen molar-refractivity contribution in [3.05, 3.63) is 58.1 Å². The van der Waals surface area contributed by atoms with Crippen LogP contribution in [0.3, 0.4) is 0 Å². The maximum atomic E-state index is 13.0. The summed E-state index contributed by atoms with van der Waals surface area (Å²) in [5.41, 5.74) is 4.31. The van der Waals surface area contributed by atoms with Crippen molar-refractivity contribution in [3.63, 3.8) is 0 Å². The van der Waals surface area contributed by atoms with Gasteiger partial charge in [0, 0.05) is 23.2 Å². The summed E-state index contributed by atoms with van der Waals surface area (Å²) in [6, 6.07) is 8.65. The molecule has 0 heterocycles. The van der Waals surface area contributed by atoms with Crippen molar-refractivity contribution in [3.8, 4) is 5.75 Å². The fourth-order valence-electron chi connectivity index (χ4n) is 3.15. The Morgan fingerprint density at radius 1 is 1.08 bits per heavy atom. The molecular formula is C22H27NO3. The normalized spacial score (nSPS) is 10.8. The van der Waals surface area contributed by atoms with Crippen molar-refractivity contribution in [2.75, 3.05) is 5.32 Å². The Morgan fingerprint density at radius 3 is 2.23 bits per heavy atom. The van der Waals surface area contributed by atoms with Crippen LogP contribution in [0.25, 0.3) is 0 Å². The SMILES string of the molecule is CCCC(=O)Nc1cc(C)c(C(=O)c2ccc(O)c(C(C)C)c2)c(C)c1. The zero-order valence-corrected chi connectivity index (χ0v) is 16.1. The second-order valence-electron chi connectivity index (χ2n) is 7.04. The van der Waals surface area contributed by atoms with Crippen molar-refractivity contribution >= 4 is 17.4 Å². The Morgan fingerprint density at radius 2 is 1.69 bits per heavy atom. The third-order valence-electron chi connectivity index (χ3n) is 4.43. The first-order valence-electron chi connectivity index (χ1n) is 9.03. The highest BCUT2D eigenvalue weighted by molar-refractivity contribution is 6.11. The van der Waals surface area contributed by atoms with Crippen LogP contribution >= 0.6 is 0 Å². The Labute approximate surface area is 155 Å². The predicted octanol–water partition coefficient (Wildman–Crippen LogP) is 5.10. The Kier molecular flexibility index (Phi) is 6.19. The molecule has 0 unspecified atom stereocenters. The molecule has 0 saturated heterocycles. The zero-order chi connectivity index (χ0) is 19.4. The van der Waals surface area contributed by atoms with Crippen molar-refractivity contribution in [1.82, 2.24) is 0 Å². The average molecular weight is 353 g/mol. The maximum Gasteiger partial charge on any atom is 0.224 e. The Bertz CT molecular complexity index is 814. The van der Waals surface area contributed by atoms with Gasteiger partial charge in [-0.3, -0.25) is 9.59 Å². The van der Waals surface area contributed by atoms with Crippen LogP contribution in [0.15, 0.2) is 30.3 Å². The molecule has 0 aliphatic heterocycles. The van der Waals surface area contributed by atoms with Gasteiger partial charge in [-0.1, -0.05) is 20.8 Å². The van der Waals surface area contributed by atoms with Gasteiger partial charge in [-0.05, 0) is 73.2 Å². The number of aromatic hydroxyl groups is 1. The van der Waals surface area contributed by atoms with E-state index < -0.39 is 0 Å². The van der Waals surface area contributed by atoms with Crippen LogP contribution in [0.1, 0.15) is 72.1 Å². The van der Waals surface area contributed by atoms with Crippen LogP contribution in [0.2, 0.25) is 0 Å². The fourth-order valence-corrected chi connectivity index (χ4v) is 3.15. The minimum absolute atomic E-state index is 0.0227. The van der Waals surface area contributed by atoms with Crippen LogP contribution < -0.4 is 5.32 Å². The number of phenolic OH excluding ortho intramolecular Hbond substituents is 1. The monoisotopic (exact) mass is 353 g/mol. The molecule has 0 atom stereocenters. The number of hydrogen-bond donors (Lipinski definition) is 2. The second kappa shape index (κ2) is 8.17. The van der Waals surface area contributed by atoms with Gasteiger partial charge >= 0.3 is 0 Å². The number of amides is 1. The summed E-state index contributed by atoms with van der Waals surface area (Å²) >= 11 is 0. The van der Waals surface area contributed by atoms with E-state index in [9.17, 15) is 14.7 Å². The largest absolute Gasteiger partial charge is 0.508 e. The van der Waals surface area contributed by atoms with Gasteiger partial charge < -0.3 is 10.4 Å². The first-order chi connectivity index (χ1) is 12.2. The molecule has 1 amide bonds. The number of phenols is 1. The van der Waals surface area contributed by atoms with E-state index in [0.29, 0.717) is 23.2 Å². The number of benzene rings is 2. The summed E-state index contributed by atoms with van der Waals surface area (Å²) in [5, 5.41) is 12.9. The maximum absolute atomic E-state index is 13.0. The van der Waals surface area contributed by atoms with Crippen LogP contribution in [0, 0.1) is 13.8 Å². The summed E-state index contributed by atoms with van der Waals surface area (Å²) in [6.07, 6.45) is 1.27. The molecular weight excluding hydrogens is 326 g/mol. The van der Waals surface area contributed by atoms with Crippen LogP contribution in [-0.2, 0) is 4.79 Å². The number of ketones is 1. The minimum atomic E-state index is -0.0756. The molecule has 0 spiro atoms. The molecule has 0 aromatic heterocycles. The number of carbonyl (C=O) groups excluding carboxylic acids is 2. The molecule has 0 radical (unpaired) electrons. The van der Waals surface area contributed by atoms with Gasteiger partial charge in [0.2, 0.25) is 5.91 Å². The standard InChI is InChI=1S/C22H27NO3/c1-6-7-20(25)23-17-10-14(4)21(15(5)11-17)22(26)16-8-9-19(24)18(12-16)13(2)3/h8-13,24H,6-7H2,1-5H3,(H,23,25). The highest BCUT2D eigenvalue weighted by atomic mass is 16.3. The molecule has 0 aliphatic rings. The third-order valence-corrected chi connectivity index (χ3v) is 4.43. The lowest BCUT2D eigenvalue weighted by atomic mass is 9.91. The second-order valence-corrected chi connectivity index (χ2v) is 7.04. The molecule has 2 N–H and O–H groups in total. The smallest absolute Gasteiger partial charge is 0.224 e. The summed E-state index contributed by atoms with van der Waals surface area (Å²) in [6.45, 7) is 9.67. The minimum Gasteiger partial charge on any atom is -0.508 e. The van der Waals surface area contributed by atoms with Gasteiger partial charge in [-0.25, -0.2) is 0 Å². The molecule has 2 aromatic rings. The van der Waals surface area contributed by atoms with Crippen molar-refractivity contribution < 1.29 is 14.7 Å². The summed E-state index contributed by atoms with van der Waals surface area (Å²) < 4.78 is 0. The van der Waals surface area contributed by atoms with E-state index in [1.54, 1.807) is 18.2 Å². The summed E-state index contributed by atoms with van der Waals surface area (Å²) in [4.78, 5) is 24.8. The van der Waals surface area contributed by atoms with Gasteiger partial charge in [-0.2, -0.15) is 0 Å². The van der Waals surface area contributed by atoms with E-state index in [2.05, 4.69) is 5.32 Å². The van der Waals surface area contributed by atoms with Gasteiger partial charge in [0.15, 0.2) is 5.78 Å². The van der Waals surface area contributed by atoms with E-state index in [1.165, 1.54) is 0 Å². The lowest BCUT2D eigenvalue weighted by Crippen LogP contribution is -2.13. The van der Waals surface area contributed by atoms with Gasteiger partial charge in [0.05, 0.1) is 0 Å². The molecule has 4 nitrogen and oxygen atoms in total. The van der Waals surface area contributed by atoms with E-state index in [0.717, 1.165) is 23.1 Å². The molecule has 0 fully saturated rings. The molecule has 2 aromatic carbocycles. The number of anilines is 1. The van der Waals surface area contributed by atoms with Gasteiger partial charge in [-0.15, -0.1) is 0 Å². The number of hydrogen-bond acceptors (Lipinski definition) is 3. The predicted molar refractivity (Wildman–Crippen MR) is 105 cm³/mol. The number of rotatable bonds is 6. The Hall–Kier alpha value is -2.62. The molecule has 0 bridgehead atoms. The molecule has 4 heteroatoms. The van der Waals surface area contributed by atoms with Crippen molar-refractivity contribution in [1.29, 1.82) is 0 Å². The summed E-state index contributed by atoms with van der Waals surface area (Å²) in [5.74, 6) is 0.235. The van der Waals surface area contributed by atoms with E-state index >= 15 is 0 Å². The first-order valence-corrected chi connectivity index (χ1v) is 9.03. The quantitative estimate of drug-likeness (QED) is 0.710. The molecule has 2 rings (SSSR count). The number of carbonyl (C=O) groups is 2. The number of nitrogens with one attached hydrogen (secondary N) is 1. The average Bonchev–Trinajstić information content (AvgIpc) is 2.54. The lowest BCUT2D eigenvalue weighted by Gasteiger charge is -2.14. The fraction of sp³-hybridized carbons (Fsp3) is 0.364. The van der Waals surface area contributed by atoms with Gasteiger partial charge in [0.25, 0.3) is 0 Å². The van der Waals surface area contributed by atoms with Crippen molar-refractivity contribution in [2.45, 2.75) is 53.4 Å². The molecule has 0 saturated carbocycles. The van der Waals surface area contributed by atoms with Crippen molar-refractivity contribution in [2.24, 2.45) is 0 Å². The highest BCUT2D eigenvalue weighted by Gasteiger charge is 2.18. The van der Waals surface area contributed by atoms with Gasteiger partial charge in [0.1, 0.15) is 5.75 Å². The molecule has 0 aliphatic carbocycles. The molecule has 26 heavy (non-hydrogen) atoms. The summed E-state index contributed by atoms with van der Waals surface area (Å²) in [7, 11) is 0. The topological polar surface area (TPSA) is 66.4 Å². The first kappa shape index (κ1) is 19.7. The van der Waals surface area contributed by atoms with E-state index in [-0.39, 0.29) is 23.4 Å². The number of aryl methyl sites for hydroxylation is 2. The van der Waals surface area contributed by atoms with Crippen LogP contribution in [0.4, 0.5) is 5.69 Å². The van der Waals surface area contributed by atoms with Crippen LogP contribution in [-0.4, -0.2) is 16.8 Å². The third kappa shape index (κ3) is 4.31. The van der Waals surface area contributed by atoms with E-state index in [1.807, 2.05) is 46.8 Å². The Balaban J connectivity index is 2.38. The zero-order valence-electron chi connectivity index (χ0n) is 16.1. The highest BCUT2D eigenvalue weighted by Crippen LogP contribution is 2.29. The van der Waals surface area contributed by atoms with E-state index in [4.69, 9.17) is 0 Å². The molecule has 138 valence electrons. The van der Waals surface area contributed by atoms with Crippen LogP contribution in [0.5, 0.6) is 5.75 Å².